The van der Waals surface area contributed by atoms with Gasteiger partial charge in [-0.1, -0.05) is 12.1 Å². The molecule has 1 N–H and O–H groups in total. The first kappa shape index (κ1) is 10.2. The minimum Gasteiger partial charge on any atom is -0.382 e. The lowest BCUT2D eigenvalue weighted by Crippen LogP contribution is -2.36. The van der Waals surface area contributed by atoms with Crippen molar-refractivity contribution < 1.29 is 0 Å². The van der Waals surface area contributed by atoms with E-state index in [4.69, 9.17) is 0 Å². The summed E-state index contributed by atoms with van der Waals surface area (Å²) in [4.78, 5) is 2.41. The van der Waals surface area contributed by atoms with Crippen LogP contribution in [0.1, 0.15) is 0 Å². The standard InChI is InChI=1S/C13H16N4/c1-2-5-13-12(4-1)14-7-9-16(13)10-11-17-8-3-6-15-17/h1-6,8,14H,7,9-11H2. The molecule has 1 aliphatic rings. The Balaban J connectivity index is 1.72. The van der Waals surface area contributed by atoms with Crippen LogP contribution in [-0.2, 0) is 6.54 Å². The Kier molecular flexibility index (Phi) is 2.69. The first-order valence-corrected chi connectivity index (χ1v) is 5.99. The molecule has 0 unspecified atom stereocenters. The normalized spacial score (nSPS) is 14.2. The molecular formula is C13H16N4. The van der Waals surface area contributed by atoms with Gasteiger partial charge in [0.2, 0.25) is 0 Å². The molecule has 0 bridgehead atoms. The highest BCUT2D eigenvalue weighted by Crippen LogP contribution is 2.27. The van der Waals surface area contributed by atoms with Crippen molar-refractivity contribution in [1.29, 1.82) is 0 Å². The maximum atomic E-state index is 4.23. The van der Waals surface area contributed by atoms with Crippen LogP contribution in [0.25, 0.3) is 0 Å². The van der Waals surface area contributed by atoms with Crippen molar-refractivity contribution in [2.24, 2.45) is 0 Å². The molecule has 0 amide bonds. The molecule has 1 aromatic carbocycles. The van der Waals surface area contributed by atoms with Gasteiger partial charge in [-0.15, -0.1) is 0 Å². The molecule has 4 nitrogen and oxygen atoms in total. The van der Waals surface area contributed by atoms with E-state index in [1.165, 1.54) is 11.4 Å². The number of fused-ring (bicyclic) bond motifs is 1. The van der Waals surface area contributed by atoms with Crippen molar-refractivity contribution in [3.05, 3.63) is 42.7 Å². The van der Waals surface area contributed by atoms with Gasteiger partial charge in [-0.3, -0.25) is 4.68 Å². The van der Waals surface area contributed by atoms with Crippen LogP contribution in [0.2, 0.25) is 0 Å². The summed E-state index contributed by atoms with van der Waals surface area (Å²) in [6.07, 6.45) is 3.83. The van der Waals surface area contributed by atoms with Crippen molar-refractivity contribution in [2.45, 2.75) is 6.54 Å². The predicted octanol–water partition coefficient (Wildman–Crippen LogP) is 1.82. The minimum absolute atomic E-state index is 0.932. The van der Waals surface area contributed by atoms with E-state index >= 15 is 0 Å². The van der Waals surface area contributed by atoms with E-state index in [1.54, 1.807) is 0 Å². The number of hydrogen-bond acceptors (Lipinski definition) is 3. The third-order valence-electron chi connectivity index (χ3n) is 3.10. The van der Waals surface area contributed by atoms with E-state index in [2.05, 4.69) is 39.6 Å². The van der Waals surface area contributed by atoms with Crippen LogP contribution < -0.4 is 10.2 Å². The second kappa shape index (κ2) is 4.49. The molecule has 0 saturated carbocycles. The Bertz CT molecular complexity index is 478. The zero-order valence-corrected chi connectivity index (χ0v) is 9.71. The average Bonchev–Trinajstić information content (AvgIpc) is 2.89. The van der Waals surface area contributed by atoms with Crippen LogP contribution in [0.4, 0.5) is 11.4 Å². The topological polar surface area (TPSA) is 33.1 Å². The average molecular weight is 228 g/mol. The third-order valence-corrected chi connectivity index (χ3v) is 3.10. The SMILES string of the molecule is c1ccc2c(c1)NCCN2CCn1cccn1. The van der Waals surface area contributed by atoms with Crippen LogP contribution in [0, 0.1) is 0 Å². The van der Waals surface area contributed by atoms with Gasteiger partial charge in [0.15, 0.2) is 0 Å². The summed E-state index contributed by atoms with van der Waals surface area (Å²) in [6, 6.07) is 10.4. The van der Waals surface area contributed by atoms with Gasteiger partial charge >= 0.3 is 0 Å². The summed E-state index contributed by atoms with van der Waals surface area (Å²) < 4.78 is 1.98. The molecule has 2 aromatic rings. The lowest BCUT2D eigenvalue weighted by Gasteiger charge is -2.31. The molecule has 1 aliphatic heterocycles. The summed E-state index contributed by atoms with van der Waals surface area (Å²) in [6.45, 7) is 4.00. The maximum Gasteiger partial charge on any atom is 0.0603 e. The van der Waals surface area contributed by atoms with Crippen molar-refractivity contribution >= 4 is 11.4 Å². The molecule has 0 fully saturated rings. The number of aromatic nitrogens is 2. The van der Waals surface area contributed by atoms with Gasteiger partial charge in [-0.05, 0) is 18.2 Å². The fraction of sp³-hybridized carbons (Fsp3) is 0.308. The molecule has 3 rings (SSSR count). The quantitative estimate of drug-likeness (QED) is 0.869. The van der Waals surface area contributed by atoms with Gasteiger partial charge < -0.3 is 10.2 Å². The summed E-state index contributed by atoms with van der Waals surface area (Å²) >= 11 is 0. The largest absolute Gasteiger partial charge is 0.382 e. The van der Waals surface area contributed by atoms with Gasteiger partial charge in [0.1, 0.15) is 0 Å². The Morgan fingerprint density at radius 2 is 2.12 bits per heavy atom. The molecule has 0 saturated heterocycles. The summed E-state index contributed by atoms with van der Waals surface area (Å²) in [5, 5.41) is 7.65. The highest BCUT2D eigenvalue weighted by Gasteiger charge is 2.14. The number of anilines is 2. The van der Waals surface area contributed by atoms with Gasteiger partial charge in [0.25, 0.3) is 0 Å². The molecule has 4 heteroatoms. The monoisotopic (exact) mass is 228 g/mol. The van der Waals surface area contributed by atoms with Gasteiger partial charge in [0.05, 0.1) is 17.9 Å². The molecule has 17 heavy (non-hydrogen) atoms. The van der Waals surface area contributed by atoms with Crippen molar-refractivity contribution in [1.82, 2.24) is 9.78 Å². The summed E-state index contributed by atoms with van der Waals surface area (Å²) in [5.41, 5.74) is 2.53. The molecule has 0 atom stereocenters. The zero-order chi connectivity index (χ0) is 11.5. The van der Waals surface area contributed by atoms with Gasteiger partial charge in [-0.2, -0.15) is 5.10 Å². The first-order chi connectivity index (χ1) is 8.43. The highest BCUT2D eigenvalue weighted by atomic mass is 15.3. The van der Waals surface area contributed by atoms with Gasteiger partial charge in [-0.25, -0.2) is 0 Å². The molecule has 0 radical (unpaired) electrons. The number of benzene rings is 1. The highest BCUT2D eigenvalue weighted by molar-refractivity contribution is 5.71. The van der Waals surface area contributed by atoms with E-state index in [9.17, 15) is 0 Å². The van der Waals surface area contributed by atoms with Crippen LogP contribution in [0.3, 0.4) is 0 Å². The van der Waals surface area contributed by atoms with E-state index in [-0.39, 0.29) is 0 Å². The van der Waals surface area contributed by atoms with E-state index < -0.39 is 0 Å². The molecule has 0 aliphatic carbocycles. The van der Waals surface area contributed by atoms with E-state index in [1.807, 2.05) is 23.1 Å². The van der Waals surface area contributed by atoms with Crippen molar-refractivity contribution in [2.75, 3.05) is 29.9 Å². The molecular weight excluding hydrogens is 212 g/mol. The van der Waals surface area contributed by atoms with Crippen molar-refractivity contribution in [3.8, 4) is 0 Å². The van der Waals surface area contributed by atoms with E-state index in [0.717, 1.165) is 26.2 Å². The number of hydrogen-bond donors (Lipinski definition) is 1. The van der Waals surface area contributed by atoms with Crippen molar-refractivity contribution in [3.63, 3.8) is 0 Å². The number of para-hydroxylation sites is 2. The molecule has 2 heterocycles. The third kappa shape index (κ3) is 2.11. The second-order valence-corrected chi connectivity index (χ2v) is 4.20. The maximum absolute atomic E-state index is 4.23. The zero-order valence-electron chi connectivity index (χ0n) is 9.71. The van der Waals surface area contributed by atoms with Crippen LogP contribution in [0.15, 0.2) is 42.7 Å². The van der Waals surface area contributed by atoms with Crippen LogP contribution in [0.5, 0.6) is 0 Å². The molecule has 1 aromatic heterocycles. The van der Waals surface area contributed by atoms with E-state index in [0.29, 0.717) is 0 Å². The first-order valence-electron chi connectivity index (χ1n) is 5.99. The smallest absolute Gasteiger partial charge is 0.0603 e. The number of nitrogens with one attached hydrogen (secondary N) is 1. The predicted molar refractivity (Wildman–Crippen MR) is 69.4 cm³/mol. The Morgan fingerprint density at radius 3 is 3.00 bits per heavy atom. The summed E-state index contributed by atoms with van der Waals surface area (Å²) in [5.74, 6) is 0. The molecule has 0 spiro atoms. The van der Waals surface area contributed by atoms with Crippen LogP contribution >= 0.6 is 0 Å². The summed E-state index contributed by atoms with van der Waals surface area (Å²) in [7, 11) is 0. The Labute approximate surface area is 101 Å². The fourth-order valence-electron chi connectivity index (χ4n) is 2.23. The van der Waals surface area contributed by atoms with Crippen LogP contribution in [-0.4, -0.2) is 29.4 Å². The Morgan fingerprint density at radius 1 is 1.18 bits per heavy atom. The Hall–Kier alpha value is -1.97. The lowest BCUT2D eigenvalue weighted by atomic mass is 10.2. The number of rotatable bonds is 3. The minimum atomic E-state index is 0.932. The fourth-order valence-corrected chi connectivity index (χ4v) is 2.23. The lowest BCUT2D eigenvalue weighted by molar-refractivity contribution is 0.595. The molecule has 88 valence electrons. The number of nitrogens with zero attached hydrogens (tertiary/aromatic N) is 3. The second-order valence-electron chi connectivity index (χ2n) is 4.20. The van der Waals surface area contributed by atoms with Gasteiger partial charge in [0, 0.05) is 32.0 Å².